The summed E-state index contributed by atoms with van der Waals surface area (Å²) < 4.78 is 5.53. The van der Waals surface area contributed by atoms with Crippen molar-refractivity contribution in [1.29, 1.82) is 0 Å². The van der Waals surface area contributed by atoms with Gasteiger partial charge in [0, 0.05) is 24.5 Å². The van der Waals surface area contributed by atoms with E-state index in [1.165, 1.54) is 0 Å². The zero-order valence-corrected chi connectivity index (χ0v) is 16.8. The van der Waals surface area contributed by atoms with Crippen LogP contribution in [0.5, 0.6) is 5.75 Å². The molecule has 0 aromatic heterocycles. The number of hydrogen-bond donors (Lipinski definition) is 2. The second kappa shape index (κ2) is 8.92. The third-order valence-electron chi connectivity index (χ3n) is 5.39. The van der Waals surface area contributed by atoms with Crippen molar-refractivity contribution in [2.75, 3.05) is 26.2 Å². The molecule has 0 atom stereocenters. The van der Waals surface area contributed by atoms with Gasteiger partial charge < -0.3 is 15.0 Å². The van der Waals surface area contributed by atoms with E-state index in [4.69, 9.17) is 16.3 Å². The third-order valence-corrected chi connectivity index (χ3v) is 5.63. The van der Waals surface area contributed by atoms with Crippen LogP contribution in [0.4, 0.5) is 4.79 Å². The van der Waals surface area contributed by atoms with E-state index in [-0.39, 0.29) is 11.7 Å². The average Bonchev–Trinajstić information content (AvgIpc) is 2.94. The van der Waals surface area contributed by atoms with E-state index in [0.717, 1.165) is 32.5 Å². The van der Waals surface area contributed by atoms with Gasteiger partial charge in [-0.05, 0) is 57.4 Å². The maximum absolute atomic E-state index is 12.5. The summed E-state index contributed by atoms with van der Waals surface area (Å²) in [6.07, 6.45) is 3.34. The largest absolute Gasteiger partial charge is 0.493 e. The zero-order chi connectivity index (χ0) is 20.1. The number of piperidine rings is 1. The van der Waals surface area contributed by atoms with Gasteiger partial charge in [-0.3, -0.25) is 14.9 Å². The molecular formula is C20H26ClN3O4. The van der Waals surface area contributed by atoms with Crippen LogP contribution in [0.1, 0.15) is 49.4 Å². The second-order valence-electron chi connectivity index (χ2n) is 7.29. The molecule has 152 valence electrons. The van der Waals surface area contributed by atoms with Crippen LogP contribution in [-0.2, 0) is 4.79 Å². The fraction of sp³-hybridized carbons (Fsp3) is 0.550. The van der Waals surface area contributed by atoms with Gasteiger partial charge in [0.2, 0.25) is 0 Å². The number of unbranched alkanes of at least 4 members (excludes halogenated alkanes) is 1. The average molecular weight is 408 g/mol. The molecule has 1 spiro atoms. The highest BCUT2D eigenvalue weighted by molar-refractivity contribution is 6.31. The van der Waals surface area contributed by atoms with Crippen molar-refractivity contribution >= 4 is 29.3 Å². The first-order valence-corrected chi connectivity index (χ1v) is 10.1. The molecule has 2 aliphatic heterocycles. The number of benzene rings is 1. The number of nitrogens with zero attached hydrogens (tertiary/aromatic N) is 1. The predicted molar refractivity (Wildman–Crippen MR) is 106 cm³/mol. The lowest BCUT2D eigenvalue weighted by atomic mass is 9.87. The Hall–Kier alpha value is -2.12. The fourth-order valence-electron chi connectivity index (χ4n) is 3.80. The van der Waals surface area contributed by atoms with Crippen molar-refractivity contribution in [1.82, 2.24) is 15.5 Å². The third kappa shape index (κ3) is 4.64. The molecule has 0 radical (unpaired) electrons. The van der Waals surface area contributed by atoms with E-state index in [1.807, 2.05) is 6.92 Å². The van der Waals surface area contributed by atoms with E-state index >= 15 is 0 Å². The molecule has 2 fully saturated rings. The molecular weight excluding hydrogens is 382 g/mol. The molecule has 2 heterocycles. The first kappa shape index (κ1) is 20.6. The first-order chi connectivity index (χ1) is 13.4. The number of nitrogens with one attached hydrogen (secondary N) is 2. The number of carbonyl (C=O) groups is 3. The number of likely N-dealkylation sites (tertiary alicyclic amines) is 1. The van der Waals surface area contributed by atoms with Crippen molar-refractivity contribution in [3.05, 3.63) is 28.8 Å². The van der Waals surface area contributed by atoms with Gasteiger partial charge in [0.15, 0.2) is 5.78 Å². The molecule has 0 bridgehead atoms. The predicted octanol–water partition coefficient (Wildman–Crippen LogP) is 2.77. The molecule has 7 nitrogen and oxygen atoms in total. The van der Waals surface area contributed by atoms with Crippen molar-refractivity contribution in [2.45, 2.75) is 44.6 Å². The fourth-order valence-corrected chi connectivity index (χ4v) is 3.97. The summed E-state index contributed by atoms with van der Waals surface area (Å²) in [5.74, 6) is 0.401. The number of ketones is 1. The molecule has 0 unspecified atom stereocenters. The number of amides is 3. The minimum atomic E-state index is -0.730. The Kier molecular flexibility index (Phi) is 6.57. The SMILES string of the molecule is CCOc1ccc(Cl)cc1C(=O)CCCCN1CCC2(CC1)NC(=O)NC2=O. The van der Waals surface area contributed by atoms with Crippen LogP contribution in [0.15, 0.2) is 18.2 Å². The van der Waals surface area contributed by atoms with Crippen LogP contribution in [0.25, 0.3) is 0 Å². The standard InChI is InChI=1S/C20H26ClN3O4/c1-2-28-17-7-6-14(21)13-15(17)16(25)5-3-4-10-24-11-8-20(9-12-24)18(26)22-19(27)23-20/h6-7,13H,2-5,8-12H2,1H3,(H2,22,23,26,27). The van der Waals surface area contributed by atoms with Crippen molar-refractivity contribution in [2.24, 2.45) is 0 Å². The van der Waals surface area contributed by atoms with Crippen LogP contribution >= 0.6 is 11.6 Å². The number of imide groups is 1. The van der Waals surface area contributed by atoms with Crippen LogP contribution in [0.3, 0.4) is 0 Å². The van der Waals surface area contributed by atoms with Crippen LogP contribution < -0.4 is 15.4 Å². The summed E-state index contributed by atoms with van der Waals surface area (Å²) in [5, 5.41) is 5.62. The van der Waals surface area contributed by atoms with Crippen molar-refractivity contribution < 1.29 is 19.1 Å². The number of urea groups is 1. The smallest absolute Gasteiger partial charge is 0.322 e. The van der Waals surface area contributed by atoms with Gasteiger partial charge in [-0.15, -0.1) is 0 Å². The number of carbonyl (C=O) groups excluding carboxylic acids is 3. The van der Waals surface area contributed by atoms with Gasteiger partial charge >= 0.3 is 6.03 Å². The summed E-state index contributed by atoms with van der Waals surface area (Å²) >= 11 is 6.03. The van der Waals surface area contributed by atoms with Gasteiger partial charge in [-0.2, -0.15) is 0 Å². The minimum Gasteiger partial charge on any atom is -0.493 e. The van der Waals surface area contributed by atoms with E-state index in [0.29, 0.717) is 42.2 Å². The molecule has 0 aliphatic carbocycles. The molecule has 3 rings (SSSR count). The summed E-state index contributed by atoms with van der Waals surface area (Å²) in [4.78, 5) is 38.2. The normalized spacial score (nSPS) is 18.8. The molecule has 28 heavy (non-hydrogen) atoms. The number of Topliss-reactive ketones (excluding diaryl/α,β-unsaturated/α-hetero) is 1. The highest BCUT2D eigenvalue weighted by Crippen LogP contribution is 2.27. The molecule has 1 aromatic rings. The van der Waals surface area contributed by atoms with E-state index in [9.17, 15) is 14.4 Å². The Morgan fingerprint density at radius 1 is 1.25 bits per heavy atom. The summed E-state index contributed by atoms with van der Waals surface area (Å²) in [6, 6.07) is 4.73. The molecule has 3 amide bonds. The van der Waals surface area contributed by atoms with Crippen LogP contribution in [0, 0.1) is 0 Å². The van der Waals surface area contributed by atoms with E-state index in [1.54, 1.807) is 18.2 Å². The van der Waals surface area contributed by atoms with Gasteiger partial charge in [0.05, 0.1) is 12.2 Å². The van der Waals surface area contributed by atoms with E-state index < -0.39 is 11.6 Å². The monoisotopic (exact) mass is 407 g/mol. The van der Waals surface area contributed by atoms with Gasteiger partial charge in [-0.25, -0.2) is 4.79 Å². The van der Waals surface area contributed by atoms with Gasteiger partial charge in [0.25, 0.3) is 5.91 Å². The lowest BCUT2D eigenvalue weighted by Gasteiger charge is -2.36. The Morgan fingerprint density at radius 3 is 2.64 bits per heavy atom. The Bertz CT molecular complexity index is 760. The highest BCUT2D eigenvalue weighted by Gasteiger charge is 2.47. The number of ether oxygens (including phenoxy) is 1. The highest BCUT2D eigenvalue weighted by atomic mass is 35.5. The molecule has 0 saturated carbocycles. The first-order valence-electron chi connectivity index (χ1n) is 9.75. The lowest BCUT2D eigenvalue weighted by Crippen LogP contribution is -2.54. The zero-order valence-electron chi connectivity index (χ0n) is 16.1. The summed E-state index contributed by atoms with van der Waals surface area (Å²) in [7, 11) is 0. The number of hydrogen-bond acceptors (Lipinski definition) is 5. The Labute approximate surface area is 169 Å². The quantitative estimate of drug-likeness (QED) is 0.393. The van der Waals surface area contributed by atoms with Crippen LogP contribution in [-0.4, -0.2) is 54.4 Å². The Balaban J connectivity index is 1.42. The number of rotatable bonds is 8. The number of halogens is 1. The molecule has 8 heteroatoms. The van der Waals surface area contributed by atoms with E-state index in [2.05, 4.69) is 15.5 Å². The van der Waals surface area contributed by atoms with Crippen LogP contribution in [0.2, 0.25) is 5.02 Å². The maximum atomic E-state index is 12.5. The van der Waals surface area contributed by atoms with Crippen molar-refractivity contribution in [3.63, 3.8) is 0 Å². The second-order valence-corrected chi connectivity index (χ2v) is 7.72. The Morgan fingerprint density at radius 2 is 2.00 bits per heavy atom. The van der Waals surface area contributed by atoms with Gasteiger partial charge in [0.1, 0.15) is 11.3 Å². The summed E-state index contributed by atoms with van der Waals surface area (Å²) in [5.41, 5.74) is -0.191. The van der Waals surface area contributed by atoms with Gasteiger partial charge in [-0.1, -0.05) is 11.6 Å². The molecule has 2 saturated heterocycles. The molecule has 2 aliphatic rings. The molecule has 2 N–H and O–H groups in total. The lowest BCUT2D eigenvalue weighted by molar-refractivity contribution is -0.125. The van der Waals surface area contributed by atoms with Crippen molar-refractivity contribution in [3.8, 4) is 5.75 Å². The topological polar surface area (TPSA) is 87.7 Å². The maximum Gasteiger partial charge on any atom is 0.322 e. The molecule has 1 aromatic carbocycles. The summed E-state index contributed by atoms with van der Waals surface area (Å²) in [6.45, 7) is 4.75. The minimum absolute atomic E-state index is 0.0360.